The van der Waals surface area contributed by atoms with E-state index in [0.29, 0.717) is 6.04 Å². The van der Waals surface area contributed by atoms with Gasteiger partial charge in [0.15, 0.2) is 0 Å². The van der Waals surface area contributed by atoms with Gasteiger partial charge < -0.3 is 10.0 Å². The first-order valence-electron chi connectivity index (χ1n) is 7.48. The molecule has 0 fully saturated rings. The molecule has 0 aromatic heterocycles. The van der Waals surface area contributed by atoms with Crippen LogP contribution in [-0.2, 0) is 5.41 Å². The molecule has 0 aliphatic carbocycles. The van der Waals surface area contributed by atoms with Gasteiger partial charge in [-0.1, -0.05) is 60.7 Å². The number of rotatable bonds is 6. The molecular weight excluding hydrogens is 258 g/mol. The Hall–Kier alpha value is -1.64. The quantitative estimate of drug-likeness (QED) is 0.879. The molecule has 2 aromatic rings. The highest BCUT2D eigenvalue weighted by molar-refractivity contribution is 5.39. The van der Waals surface area contributed by atoms with Crippen LogP contribution in [0.5, 0.6) is 0 Å². The molecule has 0 saturated heterocycles. The van der Waals surface area contributed by atoms with Crippen LogP contribution in [0.3, 0.4) is 0 Å². The molecule has 2 rings (SSSR count). The van der Waals surface area contributed by atoms with Crippen molar-refractivity contribution >= 4 is 0 Å². The first-order chi connectivity index (χ1) is 10.1. The molecule has 0 saturated carbocycles. The molecule has 21 heavy (non-hydrogen) atoms. The largest absolute Gasteiger partial charge is 0.395 e. The monoisotopic (exact) mass is 283 g/mol. The lowest BCUT2D eigenvalue weighted by Gasteiger charge is -2.37. The minimum atomic E-state index is -0.355. The van der Waals surface area contributed by atoms with Crippen LogP contribution >= 0.6 is 0 Å². The summed E-state index contributed by atoms with van der Waals surface area (Å²) in [5.41, 5.74) is 1.99. The summed E-state index contributed by atoms with van der Waals surface area (Å²) in [4.78, 5) is 2.20. The Bertz CT molecular complexity index is 497. The maximum Gasteiger partial charge on any atom is 0.0569 e. The van der Waals surface area contributed by atoms with Crippen LogP contribution < -0.4 is 0 Å². The van der Waals surface area contributed by atoms with Crippen LogP contribution in [0.2, 0.25) is 0 Å². The Labute approximate surface area is 128 Å². The predicted molar refractivity (Wildman–Crippen MR) is 88.5 cm³/mol. The lowest BCUT2D eigenvalue weighted by Crippen LogP contribution is -2.39. The summed E-state index contributed by atoms with van der Waals surface area (Å²) in [6.07, 6.45) is 0.879. The molecular formula is C19H25NO. The minimum absolute atomic E-state index is 0.110. The Kier molecular flexibility index (Phi) is 5.16. The van der Waals surface area contributed by atoms with Gasteiger partial charge in [0.25, 0.3) is 0 Å². The third kappa shape index (κ3) is 3.34. The van der Waals surface area contributed by atoms with E-state index in [9.17, 15) is 5.11 Å². The molecule has 2 nitrogen and oxygen atoms in total. The first kappa shape index (κ1) is 15.7. The van der Waals surface area contributed by atoms with Gasteiger partial charge in [-0.25, -0.2) is 0 Å². The summed E-state index contributed by atoms with van der Waals surface area (Å²) >= 11 is 0. The summed E-state index contributed by atoms with van der Waals surface area (Å²) in [7, 11) is 4.17. The number of hydrogen-bond acceptors (Lipinski definition) is 2. The Balaban J connectivity index is 2.52. The fourth-order valence-electron chi connectivity index (χ4n) is 2.85. The van der Waals surface area contributed by atoms with E-state index < -0.39 is 0 Å². The number of nitrogens with zero attached hydrogens (tertiary/aromatic N) is 1. The van der Waals surface area contributed by atoms with E-state index in [1.807, 2.05) is 36.4 Å². The van der Waals surface area contributed by atoms with E-state index in [-0.39, 0.29) is 12.0 Å². The van der Waals surface area contributed by atoms with Crippen LogP contribution in [0.4, 0.5) is 0 Å². The molecule has 0 aliphatic heterocycles. The van der Waals surface area contributed by atoms with Gasteiger partial charge in [-0.05, 0) is 38.6 Å². The van der Waals surface area contributed by atoms with Crippen LogP contribution in [0.25, 0.3) is 0 Å². The molecule has 0 spiro atoms. The van der Waals surface area contributed by atoms with E-state index in [4.69, 9.17) is 0 Å². The van der Waals surface area contributed by atoms with Gasteiger partial charge in [-0.3, -0.25) is 0 Å². The molecule has 0 aliphatic rings. The predicted octanol–water partition coefficient (Wildman–Crippen LogP) is 3.31. The number of aliphatic hydroxyl groups is 1. The van der Waals surface area contributed by atoms with E-state index in [1.165, 1.54) is 11.1 Å². The van der Waals surface area contributed by atoms with Gasteiger partial charge in [0.05, 0.1) is 6.61 Å². The SMILES string of the molecule is CC(CC(CO)(c1ccccc1)c1ccccc1)N(C)C. The summed E-state index contributed by atoms with van der Waals surface area (Å²) in [5, 5.41) is 10.3. The van der Waals surface area contributed by atoms with Crippen LogP contribution in [0, 0.1) is 0 Å². The van der Waals surface area contributed by atoms with E-state index >= 15 is 0 Å². The molecule has 112 valence electrons. The molecule has 0 radical (unpaired) electrons. The second kappa shape index (κ2) is 6.88. The van der Waals surface area contributed by atoms with E-state index in [2.05, 4.69) is 50.2 Å². The van der Waals surface area contributed by atoms with Crippen LogP contribution in [0.1, 0.15) is 24.5 Å². The lowest BCUT2D eigenvalue weighted by molar-refractivity contribution is 0.174. The fourth-order valence-corrected chi connectivity index (χ4v) is 2.85. The van der Waals surface area contributed by atoms with Crippen LogP contribution in [0.15, 0.2) is 60.7 Å². The molecule has 0 amide bonds. The highest BCUT2D eigenvalue weighted by Crippen LogP contribution is 2.37. The Morgan fingerprint density at radius 1 is 0.905 bits per heavy atom. The van der Waals surface area contributed by atoms with Crippen molar-refractivity contribution in [3.8, 4) is 0 Å². The molecule has 2 aromatic carbocycles. The number of benzene rings is 2. The zero-order valence-corrected chi connectivity index (χ0v) is 13.2. The smallest absolute Gasteiger partial charge is 0.0569 e. The molecule has 0 heterocycles. The first-order valence-corrected chi connectivity index (χ1v) is 7.48. The van der Waals surface area contributed by atoms with E-state index in [0.717, 1.165) is 6.42 Å². The molecule has 1 N–H and O–H groups in total. The van der Waals surface area contributed by atoms with Gasteiger partial charge in [0.2, 0.25) is 0 Å². The molecule has 2 heteroatoms. The summed E-state index contributed by atoms with van der Waals surface area (Å²) < 4.78 is 0. The third-order valence-electron chi connectivity index (χ3n) is 4.45. The van der Waals surface area contributed by atoms with Gasteiger partial charge in [-0.2, -0.15) is 0 Å². The molecule has 0 bridgehead atoms. The van der Waals surface area contributed by atoms with Crippen molar-refractivity contribution in [1.82, 2.24) is 4.90 Å². The van der Waals surface area contributed by atoms with Gasteiger partial charge >= 0.3 is 0 Å². The number of hydrogen-bond donors (Lipinski definition) is 1. The van der Waals surface area contributed by atoms with Crippen LogP contribution in [-0.4, -0.2) is 36.8 Å². The van der Waals surface area contributed by atoms with Crippen molar-refractivity contribution < 1.29 is 5.11 Å². The minimum Gasteiger partial charge on any atom is -0.395 e. The lowest BCUT2D eigenvalue weighted by atomic mass is 9.71. The zero-order chi connectivity index (χ0) is 15.3. The van der Waals surface area contributed by atoms with Crippen molar-refractivity contribution in [3.05, 3.63) is 71.8 Å². The Morgan fingerprint density at radius 3 is 1.67 bits per heavy atom. The standard InChI is InChI=1S/C19H25NO/c1-16(20(2)3)14-19(15-21,17-10-6-4-7-11-17)18-12-8-5-9-13-18/h4-13,16,21H,14-15H2,1-3H3. The Morgan fingerprint density at radius 2 is 1.33 bits per heavy atom. The highest BCUT2D eigenvalue weighted by Gasteiger charge is 2.35. The molecule has 1 atom stereocenters. The fraction of sp³-hybridized carbons (Fsp3) is 0.368. The second-order valence-electron chi connectivity index (χ2n) is 5.99. The topological polar surface area (TPSA) is 23.5 Å². The van der Waals surface area contributed by atoms with Crippen molar-refractivity contribution in [2.45, 2.75) is 24.8 Å². The number of aliphatic hydroxyl groups excluding tert-OH is 1. The van der Waals surface area contributed by atoms with Gasteiger partial charge in [0, 0.05) is 11.5 Å². The van der Waals surface area contributed by atoms with Crippen molar-refractivity contribution in [3.63, 3.8) is 0 Å². The average Bonchev–Trinajstić information content (AvgIpc) is 2.54. The van der Waals surface area contributed by atoms with Gasteiger partial charge in [0.1, 0.15) is 0 Å². The average molecular weight is 283 g/mol. The highest BCUT2D eigenvalue weighted by atomic mass is 16.3. The third-order valence-corrected chi connectivity index (χ3v) is 4.45. The zero-order valence-electron chi connectivity index (χ0n) is 13.2. The maximum absolute atomic E-state index is 10.3. The van der Waals surface area contributed by atoms with Crippen molar-refractivity contribution in [2.75, 3.05) is 20.7 Å². The summed E-state index contributed by atoms with van der Waals surface area (Å²) in [6.45, 7) is 2.31. The molecule has 1 unspecified atom stereocenters. The van der Waals surface area contributed by atoms with Crippen molar-refractivity contribution in [2.24, 2.45) is 0 Å². The maximum atomic E-state index is 10.3. The second-order valence-corrected chi connectivity index (χ2v) is 5.99. The summed E-state index contributed by atoms with van der Waals surface area (Å²) in [6, 6.07) is 21.1. The van der Waals surface area contributed by atoms with Gasteiger partial charge in [-0.15, -0.1) is 0 Å². The normalized spacial score (nSPS) is 13.4. The van der Waals surface area contributed by atoms with E-state index in [1.54, 1.807) is 0 Å². The van der Waals surface area contributed by atoms with Crippen molar-refractivity contribution in [1.29, 1.82) is 0 Å². The summed E-state index contributed by atoms with van der Waals surface area (Å²) in [5.74, 6) is 0.